The average molecular weight is 337 g/mol. The zero-order valence-corrected chi connectivity index (χ0v) is 12.6. The van der Waals surface area contributed by atoms with Crippen molar-refractivity contribution < 1.29 is 9.90 Å². The van der Waals surface area contributed by atoms with Crippen LogP contribution in [0.2, 0.25) is 0 Å². The van der Waals surface area contributed by atoms with E-state index < -0.39 is 0 Å². The Balaban J connectivity index is 1.67. The van der Waals surface area contributed by atoms with Crippen molar-refractivity contribution >= 4 is 21.8 Å². The first-order chi connectivity index (χ1) is 9.65. The zero-order valence-electron chi connectivity index (χ0n) is 11.1. The molecule has 0 bridgehead atoms. The highest BCUT2D eigenvalue weighted by Crippen LogP contribution is 2.47. The predicted molar refractivity (Wildman–Crippen MR) is 78.0 cm³/mol. The standard InChI is InChI=1S/C15H17BrN2O2/c16-11-6-8(4-5-12(11)19)14-17-15(20)13-10-3-1-2-9(10)7-18(13)14/h4-6,9-10,13-14,19H,1-3,7H2,(H,17,20). The number of amides is 1. The van der Waals surface area contributed by atoms with Crippen LogP contribution in [0.3, 0.4) is 0 Å². The van der Waals surface area contributed by atoms with Gasteiger partial charge in [0.25, 0.3) is 0 Å². The van der Waals surface area contributed by atoms with Crippen molar-refractivity contribution in [1.29, 1.82) is 0 Å². The lowest BCUT2D eigenvalue weighted by Gasteiger charge is -2.23. The molecule has 106 valence electrons. The molecule has 2 N–H and O–H groups in total. The van der Waals surface area contributed by atoms with Gasteiger partial charge in [-0.15, -0.1) is 0 Å². The van der Waals surface area contributed by atoms with Crippen LogP contribution in [0.5, 0.6) is 5.75 Å². The van der Waals surface area contributed by atoms with Crippen molar-refractivity contribution in [1.82, 2.24) is 10.2 Å². The molecule has 1 aromatic rings. The van der Waals surface area contributed by atoms with Gasteiger partial charge in [0.1, 0.15) is 11.9 Å². The molecule has 2 saturated heterocycles. The topological polar surface area (TPSA) is 52.6 Å². The number of fused-ring (bicyclic) bond motifs is 3. The average Bonchev–Trinajstić information content (AvgIpc) is 3.05. The maximum absolute atomic E-state index is 12.3. The van der Waals surface area contributed by atoms with Crippen molar-refractivity contribution in [2.24, 2.45) is 11.8 Å². The van der Waals surface area contributed by atoms with Crippen LogP contribution in [0.15, 0.2) is 22.7 Å². The SMILES string of the molecule is O=C1NC(c2ccc(O)c(Br)c2)N2CC3CCCC3C12. The highest BCUT2D eigenvalue weighted by Gasteiger charge is 2.54. The Kier molecular flexibility index (Phi) is 2.82. The van der Waals surface area contributed by atoms with Gasteiger partial charge in [0.05, 0.1) is 10.5 Å². The molecule has 1 amide bonds. The number of nitrogens with zero attached hydrogens (tertiary/aromatic N) is 1. The fourth-order valence-electron chi connectivity index (χ4n) is 4.22. The number of rotatable bonds is 1. The summed E-state index contributed by atoms with van der Waals surface area (Å²) in [4.78, 5) is 14.6. The highest BCUT2D eigenvalue weighted by atomic mass is 79.9. The Morgan fingerprint density at radius 2 is 2.20 bits per heavy atom. The van der Waals surface area contributed by atoms with Crippen molar-refractivity contribution in [2.75, 3.05) is 6.54 Å². The van der Waals surface area contributed by atoms with Crippen molar-refractivity contribution in [2.45, 2.75) is 31.5 Å². The molecular weight excluding hydrogens is 320 g/mol. The fourth-order valence-corrected chi connectivity index (χ4v) is 4.62. The van der Waals surface area contributed by atoms with Crippen LogP contribution < -0.4 is 5.32 Å². The molecule has 3 aliphatic rings. The van der Waals surface area contributed by atoms with Gasteiger partial charge >= 0.3 is 0 Å². The highest BCUT2D eigenvalue weighted by molar-refractivity contribution is 9.10. The van der Waals surface area contributed by atoms with Gasteiger partial charge in [-0.05, 0) is 58.3 Å². The minimum Gasteiger partial charge on any atom is -0.507 e. The van der Waals surface area contributed by atoms with Crippen molar-refractivity contribution in [3.8, 4) is 5.75 Å². The molecule has 20 heavy (non-hydrogen) atoms. The van der Waals surface area contributed by atoms with Crippen LogP contribution in [0.1, 0.15) is 31.0 Å². The van der Waals surface area contributed by atoms with Gasteiger partial charge in [-0.25, -0.2) is 0 Å². The van der Waals surface area contributed by atoms with Gasteiger partial charge in [-0.3, -0.25) is 9.69 Å². The van der Waals surface area contributed by atoms with Crippen LogP contribution in [0.25, 0.3) is 0 Å². The summed E-state index contributed by atoms with van der Waals surface area (Å²) >= 11 is 3.35. The molecule has 0 spiro atoms. The lowest BCUT2D eigenvalue weighted by atomic mass is 9.94. The summed E-state index contributed by atoms with van der Waals surface area (Å²) < 4.78 is 0.673. The van der Waals surface area contributed by atoms with E-state index in [9.17, 15) is 9.90 Å². The van der Waals surface area contributed by atoms with Gasteiger partial charge < -0.3 is 10.4 Å². The minimum atomic E-state index is -0.0463. The van der Waals surface area contributed by atoms with Crippen LogP contribution >= 0.6 is 15.9 Å². The lowest BCUT2D eigenvalue weighted by molar-refractivity contribution is -0.122. The summed E-state index contributed by atoms with van der Waals surface area (Å²) in [6.45, 7) is 1.01. The van der Waals surface area contributed by atoms with E-state index in [-0.39, 0.29) is 23.9 Å². The van der Waals surface area contributed by atoms with E-state index in [2.05, 4.69) is 26.1 Å². The molecule has 4 nitrogen and oxygen atoms in total. The summed E-state index contributed by atoms with van der Waals surface area (Å²) in [6, 6.07) is 5.52. The number of carbonyl (C=O) groups is 1. The second-order valence-electron chi connectivity index (χ2n) is 6.12. The number of nitrogens with one attached hydrogen (secondary N) is 1. The predicted octanol–water partition coefficient (Wildman–Crippen LogP) is 2.38. The molecule has 4 unspecified atom stereocenters. The van der Waals surface area contributed by atoms with Crippen LogP contribution in [-0.2, 0) is 4.79 Å². The van der Waals surface area contributed by atoms with Gasteiger partial charge in [-0.1, -0.05) is 12.5 Å². The van der Waals surface area contributed by atoms with Gasteiger partial charge in [-0.2, -0.15) is 0 Å². The van der Waals surface area contributed by atoms with E-state index in [1.54, 1.807) is 6.07 Å². The molecule has 3 fully saturated rings. The Hall–Kier alpha value is -1.07. The Labute approximate surface area is 126 Å². The number of carbonyl (C=O) groups excluding carboxylic acids is 1. The number of hydrogen-bond acceptors (Lipinski definition) is 3. The fraction of sp³-hybridized carbons (Fsp3) is 0.533. The second-order valence-corrected chi connectivity index (χ2v) is 6.97. The Morgan fingerprint density at radius 3 is 3.00 bits per heavy atom. The minimum absolute atomic E-state index is 0.0463. The summed E-state index contributed by atoms with van der Waals surface area (Å²) in [6.07, 6.45) is 3.67. The van der Waals surface area contributed by atoms with Gasteiger partial charge in [0, 0.05) is 6.54 Å². The Bertz CT molecular complexity index is 577. The monoisotopic (exact) mass is 336 g/mol. The molecule has 1 aromatic carbocycles. The molecule has 0 radical (unpaired) electrons. The summed E-state index contributed by atoms with van der Waals surface area (Å²) in [5.74, 6) is 1.64. The van der Waals surface area contributed by atoms with E-state index in [0.717, 1.165) is 12.1 Å². The van der Waals surface area contributed by atoms with E-state index in [0.29, 0.717) is 16.3 Å². The lowest BCUT2D eigenvalue weighted by Crippen LogP contribution is -2.32. The largest absolute Gasteiger partial charge is 0.507 e. The van der Waals surface area contributed by atoms with Crippen molar-refractivity contribution in [3.05, 3.63) is 28.2 Å². The van der Waals surface area contributed by atoms with Crippen LogP contribution in [0, 0.1) is 11.8 Å². The maximum atomic E-state index is 12.3. The number of halogens is 1. The zero-order chi connectivity index (χ0) is 13.9. The van der Waals surface area contributed by atoms with E-state index in [1.807, 2.05) is 12.1 Å². The van der Waals surface area contributed by atoms with Crippen LogP contribution in [-0.4, -0.2) is 28.5 Å². The number of benzene rings is 1. The van der Waals surface area contributed by atoms with E-state index in [1.165, 1.54) is 19.3 Å². The smallest absolute Gasteiger partial charge is 0.239 e. The molecule has 5 heteroatoms. The van der Waals surface area contributed by atoms with E-state index in [4.69, 9.17) is 0 Å². The third kappa shape index (κ3) is 1.72. The molecule has 2 heterocycles. The third-order valence-corrected chi connectivity index (χ3v) is 5.73. The molecule has 1 aliphatic carbocycles. The first-order valence-electron chi connectivity index (χ1n) is 7.19. The molecular formula is C15H17BrN2O2. The molecule has 4 atom stereocenters. The van der Waals surface area contributed by atoms with Crippen molar-refractivity contribution in [3.63, 3.8) is 0 Å². The van der Waals surface area contributed by atoms with Gasteiger partial charge in [0.2, 0.25) is 5.91 Å². The van der Waals surface area contributed by atoms with E-state index >= 15 is 0 Å². The summed E-state index contributed by atoms with van der Waals surface area (Å²) in [7, 11) is 0. The van der Waals surface area contributed by atoms with Crippen LogP contribution in [0.4, 0.5) is 0 Å². The first kappa shape index (κ1) is 12.7. The normalized spacial score (nSPS) is 36.0. The second kappa shape index (κ2) is 4.46. The molecule has 1 saturated carbocycles. The Morgan fingerprint density at radius 1 is 1.35 bits per heavy atom. The summed E-state index contributed by atoms with van der Waals surface area (Å²) in [5, 5.41) is 12.7. The maximum Gasteiger partial charge on any atom is 0.239 e. The molecule has 4 rings (SSSR count). The summed E-state index contributed by atoms with van der Waals surface area (Å²) in [5.41, 5.74) is 1.03. The molecule has 2 aliphatic heterocycles. The number of aromatic hydroxyl groups is 1. The van der Waals surface area contributed by atoms with Gasteiger partial charge in [0.15, 0.2) is 0 Å². The number of phenols is 1. The number of hydrogen-bond donors (Lipinski definition) is 2. The molecule has 0 aromatic heterocycles. The third-order valence-electron chi connectivity index (χ3n) is 5.09. The first-order valence-corrected chi connectivity index (χ1v) is 7.99. The quantitative estimate of drug-likeness (QED) is 0.827. The number of phenolic OH excluding ortho intramolecular Hbond substituents is 1.